The molecule has 2 rings (SSSR count). The third-order valence-corrected chi connectivity index (χ3v) is 3.25. The molecule has 0 bridgehead atoms. The van der Waals surface area contributed by atoms with Crippen LogP contribution in [0.25, 0.3) is 0 Å². The highest BCUT2D eigenvalue weighted by Crippen LogP contribution is 2.24. The molecular formula is C19H21FN2O3. The average molecular weight is 344 g/mol. The smallest absolute Gasteiger partial charge is 0.243 e. The molecule has 2 aromatic carbocycles. The van der Waals surface area contributed by atoms with E-state index >= 15 is 0 Å². The Balaban J connectivity index is 1.84. The van der Waals surface area contributed by atoms with Crippen LogP contribution in [0.1, 0.15) is 19.4 Å². The maximum atomic E-state index is 12.8. The standard InChI is InChI=1S/C19H21FN2O3/c1-13(2)25-17-6-4-3-5-16(17)22-19(24)12-21-18(23)11-14-7-9-15(20)10-8-14/h3-10,13H,11-12H2,1-2H3,(H,21,23)(H,22,24). The molecule has 132 valence electrons. The fourth-order valence-corrected chi connectivity index (χ4v) is 2.15. The van der Waals surface area contributed by atoms with E-state index in [4.69, 9.17) is 4.74 Å². The Morgan fingerprint density at radius 2 is 1.72 bits per heavy atom. The maximum absolute atomic E-state index is 12.8. The number of benzene rings is 2. The van der Waals surface area contributed by atoms with Crippen molar-refractivity contribution in [3.05, 3.63) is 59.9 Å². The highest BCUT2D eigenvalue weighted by Gasteiger charge is 2.10. The van der Waals surface area contributed by atoms with E-state index in [0.717, 1.165) is 0 Å². The van der Waals surface area contributed by atoms with Gasteiger partial charge in [-0.1, -0.05) is 24.3 Å². The molecule has 2 aromatic rings. The SMILES string of the molecule is CC(C)Oc1ccccc1NC(=O)CNC(=O)Cc1ccc(F)cc1. The summed E-state index contributed by atoms with van der Waals surface area (Å²) in [7, 11) is 0. The molecular weight excluding hydrogens is 323 g/mol. The Hall–Kier alpha value is -2.89. The minimum absolute atomic E-state index is 0.0199. The molecule has 0 heterocycles. The third kappa shape index (κ3) is 6.25. The fourth-order valence-electron chi connectivity index (χ4n) is 2.15. The van der Waals surface area contributed by atoms with Crippen molar-refractivity contribution in [2.24, 2.45) is 0 Å². The largest absolute Gasteiger partial charge is 0.489 e. The Morgan fingerprint density at radius 3 is 2.40 bits per heavy atom. The molecule has 2 N–H and O–H groups in total. The van der Waals surface area contributed by atoms with Crippen molar-refractivity contribution < 1.29 is 18.7 Å². The lowest BCUT2D eigenvalue weighted by molar-refractivity contribution is -0.123. The fraction of sp³-hybridized carbons (Fsp3) is 0.263. The average Bonchev–Trinajstić information content (AvgIpc) is 2.56. The van der Waals surface area contributed by atoms with Crippen LogP contribution in [0.2, 0.25) is 0 Å². The van der Waals surface area contributed by atoms with Gasteiger partial charge in [-0.05, 0) is 43.7 Å². The van der Waals surface area contributed by atoms with Crippen LogP contribution in [0, 0.1) is 5.82 Å². The summed E-state index contributed by atoms with van der Waals surface area (Å²) < 4.78 is 18.5. The number of ether oxygens (including phenoxy) is 1. The number of hydrogen-bond donors (Lipinski definition) is 2. The maximum Gasteiger partial charge on any atom is 0.243 e. The summed E-state index contributed by atoms with van der Waals surface area (Å²) in [5.74, 6) is -0.449. The number of hydrogen-bond acceptors (Lipinski definition) is 3. The van der Waals surface area contributed by atoms with Gasteiger partial charge in [0, 0.05) is 0 Å². The number of carbonyl (C=O) groups excluding carboxylic acids is 2. The van der Waals surface area contributed by atoms with Crippen molar-refractivity contribution in [2.75, 3.05) is 11.9 Å². The first kappa shape index (κ1) is 18.4. The second-order valence-electron chi connectivity index (χ2n) is 5.79. The Labute approximate surface area is 146 Å². The number of amides is 2. The second kappa shape index (κ2) is 8.82. The summed E-state index contributed by atoms with van der Waals surface area (Å²) in [6, 6.07) is 12.8. The number of rotatable bonds is 7. The molecule has 5 nitrogen and oxygen atoms in total. The molecule has 6 heteroatoms. The van der Waals surface area contributed by atoms with Gasteiger partial charge in [0.1, 0.15) is 11.6 Å². The number of nitrogens with one attached hydrogen (secondary N) is 2. The van der Waals surface area contributed by atoms with Crippen LogP contribution in [-0.2, 0) is 16.0 Å². The van der Waals surface area contributed by atoms with Crippen LogP contribution in [0.5, 0.6) is 5.75 Å². The van der Waals surface area contributed by atoms with Crippen molar-refractivity contribution in [3.8, 4) is 5.75 Å². The topological polar surface area (TPSA) is 67.4 Å². The van der Waals surface area contributed by atoms with Gasteiger partial charge in [0.05, 0.1) is 24.8 Å². The molecule has 0 aliphatic carbocycles. The highest BCUT2D eigenvalue weighted by atomic mass is 19.1. The van der Waals surface area contributed by atoms with E-state index in [2.05, 4.69) is 10.6 Å². The molecule has 0 atom stereocenters. The summed E-state index contributed by atoms with van der Waals surface area (Å²) in [5, 5.41) is 5.25. The lowest BCUT2D eigenvalue weighted by Gasteiger charge is -2.15. The molecule has 0 saturated carbocycles. The lowest BCUT2D eigenvalue weighted by Crippen LogP contribution is -2.33. The minimum Gasteiger partial charge on any atom is -0.489 e. The summed E-state index contributed by atoms with van der Waals surface area (Å²) in [6.45, 7) is 3.64. The Morgan fingerprint density at radius 1 is 1.04 bits per heavy atom. The second-order valence-corrected chi connectivity index (χ2v) is 5.79. The first-order chi connectivity index (χ1) is 11.9. The van der Waals surface area contributed by atoms with Crippen LogP contribution in [-0.4, -0.2) is 24.5 Å². The van der Waals surface area contributed by atoms with E-state index in [-0.39, 0.29) is 36.7 Å². The zero-order chi connectivity index (χ0) is 18.2. The van der Waals surface area contributed by atoms with Gasteiger partial charge in [0.15, 0.2) is 0 Å². The predicted molar refractivity (Wildman–Crippen MR) is 93.9 cm³/mol. The Bertz CT molecular complexity index is 730. The van der Waals surface area contributed by atoms with Crippen molar-refractivity contribution in [3.63, 3.8) is 0 Å². The van der Waals surface area contributed by atoms with Gasteiger partial charge in [-0.2, -0.15) is 0 Å². The van der Waals surface area contributed by atoms with Crippen LogP contribution in [0.3, 0.4) is 0 Å². The van der Waals surface area contributed by atoms with Gasteiger partial charge in [-0.25, -0.2) is 4.39 Å². The predicted octanol–water partition coefficient (Wildman–Crippen LogP) is 2.91. The summed E-state index contributed by atoms with van der Waals surface area (Å²) in [4.78, 5) is 23.9. The molecule has 0 fully saturated rings. The first-order valence-electron chi connectivity index (χ1n) is 8.00. The molecule has 0 aliphatic rings. The quantitative estimate of drug-likeness (QED) is 0.811. The molecule has 0 radical (unpaired) electrons. The van der Waals surface area contributed by atoms with Gasteiger partial charge in [0.25, 0.3) is 0 Å². The van der Waals surface area contributed by atoms with Gasteiger partial charge < -0.3 is 15.4 Å². The van der Waals surface area contributed by atoms with Crippen LogP contribution in [0.15, 0.2) is 48.5 Å². The van der Waals surface area contributed by atoms with E-state index in [0.29, 0.717) is 17.0 Å². The van der Waals surface area contributed by atoms with Gasteiger partial charge >= 0.3 is 0 Å². The van der Waals surface area contributed by atoms with Gasteiger partial charge in [-0.15, -0.1) is 0 Å². The molecule has 0 aliphatic heterocycles. The van der Waals surface area contributed by atoms with Gasteiger partial charge in [-0.3, -0.25) is 9.59 Å². The monoisotopic (exact) mass is 344 g/mol. The van der Waals surface area contributed by atoms with Gasteiger partial charge in [0.2, 0.25) is 11.8 Å². The van der Waals surface area contributed by atoms with Crippen molar-refractivity contribution in [1.82, 2.24) is 5.32 Å². The summed E-state index contributed by atoms with van der Waals surface area (Å²) >= 11 is 0. The molecule has 25 heavy (non-hydrogen) atoms. The minimum atomic E-state index is -0.356. The number of halogens is 1. The lowest BCUT2D eigenvalue weighted by atomic mass is 10.1. The number of anilines is 1. The van der Waals surface area contributed by atoms with E-state index < -0.39 is 0 Å². The molecule has 2 amide bonds. The number of para-hydroxylation sites is 2. The summed E-state index contributed by atoms with van der Waals surface area (Å²) in [6.07, 6.45) is 0.0640. The van der Waals surface area contributed by atoms with Crippen LogP contribution >= 0.6 is 0 Å². The van der Waals surface area contributed by atoms with E-state index in [1.165, 1.54) is 24.3 Å². The third-order valence-electron chi connectivity index (χ3n) is 3.25. The van der Waals surface area contributed by atoms with E-state index in [1.807, 2.05) is 19.9 Å². The van der Waals surface area contributed by atoms with Crippen molar-refractivity contribution in [2.45, 2.75) is 26.4 Å². The molecule has 0 aromatic heterocycles. The zero-order valence-corrected chi connectivity index (χ0v) is 14.2. The van der Waals surface area contributed by atoms with E-state index in [1.54, 1.807) is 18.2 Å². The normalized spacial score (nSPS) is 10.4. The molecule has 0 unspecified atom stereocenters. The van der Waals surface area contributed by atoms with Crippen LogP contribution in [0.4, 0.5) is 10.1 Å². The zero-order valence-electron chi connectivity index (χ0n) is 14.2. The molecule has 0 spiro atoms. The van der Waals surface area contributed by atoms with Crippen molar-refractivity contribution >= 4 is 17.5 Å². The Kier molecular flexibility index (Phi) is 6.51. The number of carbonyl (C=O) groups is 2. The first-order valence-corrected chi connectivity index (χ1v) is 8.00. The summed E-state index contributed by atoms with van der Waals surface area (Å²) in [5.41, 5.74) is 1.23. The highest BCUT2D eigenvalue weighted by molar-refractivity contribution is 5.95. The van der Waals surface area contributed by atoms with Crippen molar-refractivity contribution in [1.29, 1.82) is 0 Å². The van der Waals surface area contributed by atoms with Crippen LogP contribution < -0.4 is 15.4 Å². The molecule has 0 saturated heterocycles. The van der Waals surface area contributed by atoms with E-state index in [9.17, 15) is 14.0 Å².